The Balaban J connectivity index is 1.10. The van der Waals surface area contributed by atoms with E-state index in [1.165, 1.54) is 89.5 Å². The number of thiophene rings is 2. The predicted octanol–water partition coefficient (Wildman–Crippen LogP) is 11.8. The van der Waals surface area contributed by atoms with Crippen LogP contribution < -0.4 is 41.5 Å². The molecule has 16 rings (SSSR count). The molecule has 0 saturated heterocycles. The molecule has 0 bridgehead atoms. The molecule has 352 valence electrons. The lowest BCUT2D eigenvalue weighted by Gasteiger charge is -2.56. The van der Waals surface area contributed by atoms with Crippen LogP contribution in [0, 0.1) is 0 Å². The molecule has 0 saturated carbocycles. The Labute approximate surface area is 446 Å². The van der Waals surface area contributed by atoms with Crippen LogP contribution in [0.5, 0.6) is 0 Å². The van der Waals surface area contributed by atoms with Gasteiger partial charge in [0.2, 0.25) is 0 Å². The lowest BCUT2D eigenvalue weighted by Crippen LogP contribution is -2.80. The summed E-state index contributed by atoms with van der Waals surface area (Å²) < 4.78 is 6.99. The highest BCUT2D eigenvalue weighted by Gasteiger charge is 2.65. The van der Waals surface area contributed by atoms with Gasteiger partial charge in [0.25, 0.3) is 0 Å². The molecule has 2 aliphatic heterocycles. The quantitative estimate of drug-likeness (QED) is 0.157. The SMILES string of the molecule is c1ccc([Si]2(c3ccccc3)c3ccccc3C3(c4ccccc42)c2cc(-c4cccc5c4oc4ccccc45)sc2C2(c4ccccc4[Si](c4ccccc4)(c4ccccc4)c4ccccc42)c2ccsc23)cc1. The van der Waals surface area contributed by atoms with Crippen LogP contribution in [0.15, 0.2) is 283 Å². The van der Waals surface area contributed by atoms with Gasteiger partial charge >= 0.3 is 0 Å². The van der Waals surface area contributed by atoms with Crippen LogP contribution in [-0.4, -0.2) is 16.1 Å². The van der Waals surface area contributed by atoms with Crippen LogP contribution in [0.4, 0.5) is 0 Å². The molecule has 5 heteroatoms. The summed E-state index contributed by atoms with van der Waals surface area (Å²) >= 11 is 3.93. The minimum absolute atomic E-state index is 0.678. The maximum atomic E-state index is 6.99. The Hall–Kier alpha value is -8.17. The second kappa shape index (κ2) is 16.2. The molecule has 10 aromatic carbocycles. The number of furan rings is 1. The summed E-state index contributed by atoms with van der Waals surface area (Å²) in [6.07, 6.45) is 0. The van der Waals surface area contributed by atoms with Gasteiger partial charge in [0.15, 0.2) is 16.1 Å². The molecule has 2 spiro atoms. The third-order valence-corrected chi connectivity index (χ3v) is 29.4. The smallest absolute Gasteiger partial charge is 0.180 e. The first-order chi connectivity index (χ1) is 37.2. The summed E-state index contributed by atoms with van der Waals surface area (Å²) in [4.78, 5) is 3.98. The van der Waals surface area contributed by atoms with E-state index in [4.69, 9.17) is 4.42 Å². The molecule has 0 atom stereocenters. The summed E-state index contributed by atoms with van der Waals surface area (Å²) in [5.41, 5.74) is 9.85. The summed E-state index contributed by atoms with van der Waals surface area (Å²) in [5.74, 6) is 0. The lowest BCUT2D eigenvalue weighted by molar-refractivity contribution is 0.647. The van der Waals surface area contributed by atoms with Crippen molar-refractivity contribution in [3.05, 3.63) is 322 Å². The first-order valence-electron chi connectivity index (χ1n) is 26.0. The molecule has 3 aliphatic rings. The number of hydrogen-bond donors (Lipinski definition) is 0. The second-order valence-corrected chi connectivity index (χ2v) is 29.9. The Morgan fingerprint density at radius 2 is 0.720 bits per heavy atom. The van der Waals surface area contributed by atoms with E-state index in [0.717, 1.165) is 27.5 Å². The van der Waals surface area contributed by atoms with Crippen molar-refractivity contribution in [2.75, 3.05) is 0 Å². The van der Waals surface area contributed by atoms with Gasteiger partial charge in [-0.1, -0.05) is 249 Å². The average molecular weight is 1020 g/mol. The standard InChI is InChI=1S/C70H46OS2Si2/c1-5-24-47(25-6-1)74(48-26-7-2-8-27-48)62-40-19-14-35-54(62)69(55-36-15-20-41-63(55)74)58-44-45-72-67(58)70(59-46-61(73-68(59)69)53-34-23-33-52-51-32-13-18-39-60(51)71-66(52)53)56-37-16-21-42-64(56)75(49-28-9-3-10-29-49,50-30-11-4-12-31-50)65-43-22-17-38-57(65)70/h1-46H. The van der Waals surface area contributed by atoms with Gasteiger partial charge in [-0.05, 0) is 105 Å². The average Bonchev–Trinajstić information content (AvgIpc) is 4.37. The third kappa shape index (κ3) is 5.40. The minimum Gasteiger partial charge on any atom is -0.455 e. The van der Waals surface area contributed by atoms with Crippen LogP contribution in [0.2, 0.25) is 0 Å². The van der Waals surface area contributed by atoms with E-state index in [1.54, 1.807) is 0 Å². The normalized spacial score (nSPS) is 15.6. The monoisotopic (exact) mass is 1020 g/mol. The van der Waals surface area contributed by atoms with Crippen molar-refractivity contribution in [2.45, 2.75) is 10.8 Å². The molecule has 0 amide bonds. The fourth-order valence-corrected chi connectivity index (χ4v) is 27.9. The predicted molar refractivity (Wildman–Crippen MR) is 319 cm³/mol. The minimum atomic E-state index is -2.98. The van der Waals surface area contributed by atoms with Crippen LogP contribution in [0.1, 0.15) is 43.1 Å². The molecular weight excluding hydrogens is 977 g/mol. The molecule has 13 aromatic rings. The highest BCUT2D eigenvalue weighted by Crippen LogP contribution is 2.65. The molecule has 0 fully saturated rings. The molecule has 1 nitrogen and oxygen atoms in total. The van der Waals surface area contributed by atoms with Crippen LogP contribution >= 0.6 is 22.7 Å². The van der Waals surface area contributed by atoms with Gasteiger partial charge in [0.05, 0.1) is 10.8 Å². The zero-order valence-corrected chi connectivity index (χ0v) is 44.4. The lowest BCUT2D eigenvalue weighted by atomic mass is 9.55. The molecule has 3 aromatic heterocycles. The summed E-state index contributed by atoms with van der Waals surface area (Å²) in [6, 6.07) is 105. The van der Waals surface area contributed by atoms with Crippen molar-refractivity contribution in [1.29, 1.82) is 0 Å². The Kier molecular flexibility index (Phi) is 9.32. The number of benzene rings is 10. The maximum absolute atomic E-state index is 6.99. The van der Waals surface area contributed by atoms with Crippen molar-refractivity contribution in [3.8, 4) is 10.4 Å². The van der Waals surface area contributed by atoms with Crippen LogP contribution in [0.25, 0.3) is 32.4 Å². The van der Waals surface area contributed by atoms with E-state index in [-0.39, 0.29) is 0 Å². The summed E-state index contributed by atoms with van der Waals surface area (Å²) in [5, 5.41) is 16.0. The summed E-state index contributed by atoms with van der Waals surface area (Å²) in [7, 11) is -5.96. The number of para-hydroxylation sites is 2. The van der Waals surface area contributed by atoms with Crippen molar-refractivity contribution >= 4 is 102 Å². The fraction of sp³-hybridized carbons (Fsp3) is 0.0286. The van der Waals surface area contributed by atoms with Gasteiger partial charge < -0.3 is 4.42 Å². The molecule has 75 heavy (non-hydrogen) atoms. The van der Waals surface area contributed by atoms with Crippen LogP contribution in [-0.2, 0) is 10.8 Å². The zero-order chi connectivity index (χ0) is 49.3. The number of fused-ring (bicyclic) bond motifs is 17. The first-order valence-corrected chi connectivity index (χ1v) is 31.7. The zero-order valence-electron chi connectivity index (χ0n) is 40.8. The van der Waals surface area contributed by atoms with E-state index < -0.39 is 27.0 Å². The van der Waals surface area contributed by atoms with Crippen molar-refractivity contribution in [2.24, 2.45) is 0 Å². The Morgan fingerprint density at radius 1 is 0.320 bits per heavy atom. The molecule has 0 unspecified atom stereocenters. The molecule has 5 heterocycles. The van der Waals surface area contributed by atoms with Crippen molar-refractivity contribution in [1.82, 2.24) is 0 Å². The summed E-state index contributed by atoms with van der Waals surface area (Å²) in [6.45, 7) is 0. The number of rotatable bonds is 5. The maximum Gasteiger partial charge on any atom is 0.180 e. The van der Waals surface area contributed by atoms with E-state index in [0.29, 0.717) is 0 Å². The van der Waals surface area contributed by atoms with E-state index in [1.807, 2.05) is 22.7 Å². The van der Waals surface area contributed by atoms with Gasteiger partial charge in [0.1, 0.15) is 11.2 Å². The second-order valence-electron chi connectivity index (χ2n) is 20.4. The van der Waals surface area contributed by atoms with Crippen molar-refractivity contribution in [3.63, 3.8) is 0 Å². The van der Waals surface area contributed by atoms with Gasteiger partial charge in [-0.25, -0.2) is 0 Å². The number of hydrogen-bond acceptors (Lipinski definition) is 3. The molecule has 0 radical (unpaired) electrons. The fourth-order valence-electron chi connectivity index (χ4n) is 14.7. The van der Waals surface area contributed by atoms with E-state index in [9.17, 15) is 0 Å². The van der Waals surface area contributed by atoms with Gasteiger partial charge in [0, 0.05) is 31.0 Å². The van der Waals surface area contributed by atoms with Gasteiger partial charge in [-0.15, -0.1) is 22.7 Å². The largest absolute Gasteiger partial charge is 0.455 e. The highest BCUT2D eigenvalue weighted by atomic mass is 32.1. The van der Waals surface area contributed by atoms with Crippen molar-refractivity contribution < 1.29 is 4.42 Å². The highest BCUT2D eigenvalue weighted by molar-refractivity contribution is 7.22. The first kappa shape index (κ1) is 43.3. The third-order valence-electron chi connectivity index (χ3n) is 17.3. The topological polar surface area (TPSA) is 13.1 Å². The molecular formula is C70H46OS2Si2. The van der Waals surface area contributed by atoms with E-state index in [2.05, 4.69) is 278 Å². The molecule has 1 aliphatic carbocycles. The van der Waals surface area contributed by atoms with Crippen LogP contribution in [0.3, 0.4) is 0 Å². The Bertz CT molecular complexity index is 3980. The van der Waals surface area contributed by atoms with Gasteiger partial charge in [-0.3, -0.25) is 0 Å². The Morgan fingerprint density at radius 3 is 1.20 bits per heavy atom. The van der Waals surface area contributed by atoms with Gasteiger partial charge in [-0.2, -0.15) is 0 Å². The van der Waals surface area contributed by atoms with E-state index >= 15 is 0 Å². The molecule has 0 N–H and O–H groups in total.